The molecule has 6 nitrogen and oxygen atoms in total. The summed E-state index contributed by atoms with van der Waals surface area (Å²) in [6, 6.07) is 8.25. The lowest BCUT2D eigenvalue weighted by atomic mass is 10.2. The van der Waals surface area contributed by atoms with Crippen molar-refractivity contribution in [2.24, 2.45) is 0 Å². The van der Waals surface area contributed by atoms with Gasteiger partial charge in [-0.1, -0.05) is 44.5 Å². The summed E-state index contributed by atoms with van der Waals surface area (Å²) in [6.45, 7) is 12.0. The van der Waals surface area contributed by atoms with E-state index < -0.39 is 0 Å². The molecule has 0 saturated heterocycles. The van der Waals surface area contributed by atoms with Crippen molar-refractivity contribution in [3.05, 3.63) is 77.0 Å². The molecular weight excluding hydrogens is 456 g/mol. The molecule has 0 atom stereocenters. The molecule has 0 spiro atoms. The van der Waals surface area contributed by atoms with Crippen molar-refractivity contribution in [3.8, 4) is 0 Å². The van der Waals surface area contributed by atoms with E-state index in [2.05, 4.69) is 70.1 Å². The summed E-state index contributed by atoms with van der Waals surface area (Å²) in [6.07, 6.45) is 12.2. The largest absolute Gasteiger partial charge is 0.300 e. The van der Waals surface area contributed by atoms with Gasteiger partial charge >= 0.3 is 0 Å². The van der Waals surface area contributed by atoms with Crippen LogP contribution in [0.25, 0.3) is 22.6 Å². The Labute approximate surface area is 214 Å². The molecule has 0 radical (unpaired) electrons. The van der Waals surface area contributed by atoms with Crippen molar-refractivity contribution in [1.82, 2.24) is 28.8 Å². The van der Waals surface area contributed by atoms with Gasteiger partial charge < -0.3 is 4.90 Å². The first-order valence-electron chi connectivity index (χ1n) is 12.4. The Hall–Kier alpha value is -2.96. The maximum atomic E-state index is 6.51. The summed E-state index contributed by atoms with van der Waals surface area (Å²) in [5.74, 6) is 0.882. The van der Waals surface area contributed by atoms with Crippen LogP contribution in [0.4, 0.5) is 0 Å². The third-order valence-corrected chi connectivity index (χ3v) is 6.21. The van der Waals surface area contributed by atoms with Crippen molar-refractivity contribution in [1.29, 1.82) is 0 Å². The fraction of sp³-hybridized carbons (Fsp3) is 0.393. The summed E-state index contributed by atoms with van der Waals surface area (Å²) in [5, 5.41) is 0.834. The number of fused-ring (bicyclic) bond motifs is 3. The van der Waals surface area contributed by atoms with E-state index in [0.717, 1.165) is 59.3 Å². The van der Waals surface area contributed by atoms with Crippen LogP contribution in [0.5, 0.6) is 0 Å². The second-order valence-electron chi connectivity index (χ2n) is 8.32. The Bertz CT molecular complexity index is 1300. The summed E-state index contributed by atoms with van der Waals surface area (Å²) in [7, 11) is 2.16. The predicted molar refractivity (Wildman–Crippen MR) is 148 cm³/mol. The van der Waals surface area contributed by atoms with Crippen LogP contribution < -0.4 is 0 Å². The molecule has 0 amide bonds. The highest BCUT2D eigenvalue weighted by atomic mass is 35.5. The minimum atomic E-state index is 0.648. The maximum Gasteiger partial charge on any atom is 0.221 e. The molecule has 0 fully saturated rings. The van der Waals surface area contributed by atoms with Gasteiger partial charge in [0.2, 0.25) is 5.78 Å². The fourth-order valence-electron chi connectivity index (χ4n) is 4.21. The lowest BCUT2D eigenvalue weighted by molar-refractivity contribution is 0.326. The number of aromatic nitrogens is 5. The van der Waals surface area contributed by atoms with Gasteiger partial charge in [0.1, 0.15) is 0 Å². The van der Waals surface area contributed by atoms with Crippen LogP contribution in [0.3, 0.4) is 0 Å². The second-order valence-corrected chi connectivity index (χ2v) is 8.81. The number of likely N-dealkylation sites (N-methyl/N-ethyl adjacent to an activating group) is 1. The summed E-state index contributed by atoms with van der Waals surface area (Å²) >= 11 is 6.51. The predicted octanol–water partition coefficient (Wildman–Crippen LogP) is 6.87. The Kier molecular flexibility index (Phi) is 9.64. The first-order chi connectivity index (χ1) is 17.0. The fourth-order valence-corrected chi connectivity index (χ4v) is 4.50. The average molecular weight is 493 g/mol. The summed E-state index contributed by atoms with van der Waals surface area (Å²) < 4.78 is 4.40. The van der Waals surface area contributed by atoms with Crippen molar-refractivity contribution in [3.63, 3.8) is 0 Å². The second kappa shape index (κ2) is 12.7. The Morgan fingerprint density at radius 1 is 1.14 bits per heavy atom. The van der Waals surface area contributed by atoms with E-state index >= 15 is 0 Å². The number of hydrogen-bond acceptors (Lipinski definition) is 4. The summed E-state index contributed by atoms with van der Waals surface area (Å²) in [5.41, 5.74) is 6.54. The molecule has 7 heteroatoms. The van der Waals surface area contributed by atoms with Crippen LogP contribution in [0.15, 0.2) is 60.0 Å². The van der Waals surface area contributed by atoms with Crippen LogP contribution in [-0.4, -0.2) is 42.4 Å². The number of hydrogen-bond donors (Lipinski definition) is 0. The van der Waals surface area contributed by atoms with E-state index in [0.29, 0.717) is 6.42 Å². The van der Waals surface area contributed by atoms with Gasteiger partial charge in [-0.25, -0.2) is 9.97 Å². The van der Waals surface area contributed by atoms with Crippen LogP contribution in [0.1, 0.15) is 57.5 Å². The SMILES string of the molecule is C/C=C(\C/C(Cl)=C\CC)n1c2ncccc2n2c(CN(C)CCc3ccncc3)c(C)nc12.CC. The summed E-state index contributed by atoms with van der Waals surface area (Å²) in [4.78, 5) is 16.2. The minimum Gasteiger partial charge on any atom is -0.300 e. The number of aryl methyl sites for hydroxylation is 1. The zero-order chi connectivity index (χ0) is 25.4. The van der Waals surface area contributed by atoms with E-state index in [4.69, 9.17) is 21.6 Å². The Morgan fingerprint density at radius 3 is 2.57 bits per heavy atom. The van der Waals surface area contributed by atoms with Gasteiger partial charge in [0.15, 0.2) is 5.65 Å². The Morgan fingerprint density at radius 2 is 1.89 bits per heavy atom. The van der Waals surface area contributed by atoms with Gasteiger partial charge in [0.05, 0.1) is 16.9 Å². The lowest BCUT2D eigenvalue weighted by Gasteiger charge is -2.16. The standard InChI is InChI=1S/C26H31ClN6.C2H6/c1-5-8-21(27)17-22(6-2)32-25-23(9-7-13-29-25)33-24(19(3)30-26(32)33)18-31(4)16-12-20-10-14-28-15-11-20;1-2/h6-11,13-15H,5,12,16-18H2,1-4H3;1-2H3/b21-8+,22-6+;. The third kappa shape index (κ3) is 6.00. The highest BCUT2D eigenvalue weighted by molar-refractivity contribution is 6.30. The van der Waals surface area contributed by atoms with Gasteiger partial charge in [0.25, 0.3) is 0 Å². The number of imidazole rings is 2. The minimum absolute atomic E-state index is 0.648. The van der Waals surface area contributed by atoms with Crippen LogP contribution in [-0.2, 0) is 13.0 Å². The molecule has 35 heavy (non-hydrogen) atoms. The molecule has 0 aliphatic rings. The van der Waals surface area contributed by atoms with Gasteiger partial charge in [-0.15, -0.1) is 0 Å². The van der Waals surface area contributed by atoms with E-state index in [1.165, 1.54) is 11.3 Å². The van der Waals surface area contributed by atoms with Crippen molar-refractivity contribution in [2.45, 2.75) is 60.4 Å². The van der Waals surface area contributed by atoms with E-state index in [9.17, 15) is 0 Å². The maximum absolute atomic E-state index is 6.51. The molecule has 0 saturated carbocycles. The normalized spacial score (nSPS) is 12.5. The third-order valence-electron chi connectivity index (χ3n) is 5.92. The molecule has 0 aliphatic carbocycles. The van der Waals surface area contributed by atoms with Crippen LogP contribution in [0, 0.1) is 6.92 Å². The number of halogens is 1. The zero-order valence-corrected chi connectivity index (χ0v) is 22.5. The molecule has 0 bridgehead atoms. The molecule has 186 valence electrons. The van der Waals surface area contributed by atoms with Crippen LogP contribution in [0.2, 0.25) is 0 Å². The number of pyridine rings is 2. The number of nitrogens with zero attached hydrogens (tertiary/aromatic N) is 6. The van der Waals surface area contributed by atoms with E-state index in [1.807, 2.05) is 45.4 Å². The van der Waals surface area contributed by atoms with Crippen molar-refractivity contribution >= 4 is 34.2 Å². The number of allylic oxidation sites excluding steroid dienone is 4. The molecule has 0 unspecified atom stereocenters. The van der Waals surface area contributed by atoms with Crippen molar-refractivity contribution in [2.75, 3.05) is 13.6 Å². The molecule has 4 aromatic heterocycles. The Balaban J connectivity index is 0.00000167. The molecule has 4 rings (SSSR count). The molecule has 4 aromatic rings. The molecule has 0 aromatic carbocycles. The molecular formula is C28H37ClN6. The van der Waals surface area contributed by atoms with Crippen molar-refractivity contribution < 1.29 is 0 Å². The molecule has 4 heterocycles. The molecule has 0 N–H and O–H groups in total. The highest BCUT2D eigenvalue weighted by Crippen LogP contribution is 2.30. The van der Waals surface area contributed by atoms with Gasteiger partial charge in [-0.2, -0.15) is 0 Å². The average Bonchev–Trinajstić information content (AvgIpc) is 3.36. The monoisotopic (exact) mass is 492 g/mol. The van der Waals surface area contributed by atoms with Gasteiger partial charge in [-0.05, 0) is 63.6 Å². The topological polar surface area (TPSA) is 51.2 Å². The lowest BCUT2D eigenvalue weighted by Crippen LogP contribution is -2.22. The highest BCUT2D eigenvalue weighted by Gasteiger charge is 2.21. The first kappa shape index (κ1) is 26.6. The van der Waals surface area contributed by atoms with E-state index in [-0.39, 0.29) is 0 Å². The number of rotatable bonds is 9. The smallest absolute Gasteiger partial charge is 0.221 e. The quantitative estimate of drug-likeness (QED) is 0.256. The van der Waals surface area contributed by atoms with Gasteiger partial charge in [-0.3, -0.25) is 14.0 Å². The van der Waals surface area contributed by atoms with Crippen LogP contribution >= 0.6 is 11.6 Å². The van der Waals surface area contributed by atoms with E-state index in [1.54, 1.807) is 0 Å². The van der Waals surface area contributed by atoms with Gasteiger partial charge in [0, 0.05) is 48.8 Å². The first-order valence-corrected chi connectivity index (χ1v) is 12.8. The molecule has 0 aliphatic heterocycles. The zero-order valence-electron chi connectivity index (χ0n) is 21.8.